The number of halogens is 1. The van der Waals surface area contributed by atoms with Crippen LogP contribution in [0.25, 0.3) is 0 Å². The standard InChI is InChI=1S/C23H32FN3O4Si/c1-15(2)32(16(3)4,17(5)6)31-21-20(26-14-27(11-12-28)23(21)30)22(29)25-13-18-7-9-19(24)10-8-18/h7-10,12,14-17H,11,13H2,1-6H3,(H,25,29). The first-order valence-electron chi connectivity index (χ1n) is 10.8. The molecule has 1 aromatic heterocycles. The summed E-state index contributed by atoms with van der Waals surface area (Å²) in [5.74, 6) is -1.05. The molecule has 0 unspecified atom stereocenters. The highest BCUT2D eigenvalue weighted by Crippen LogP contribution is 2.42. The fourth-order valence-electron chi connectivity index (χ4n) is 4.33. The largest absolute Gasteiger partial charge is 0.537 e. The predicted octanol–water partition coefficient (Wildman–Crippen LogP) is 4.07. The van der Waals surface area contributed by atoms with Crippen molar-refractivity contribution in [3.8, 4) is 5.75 Å². The van der Waals surface area contributed by atoms with Gasteiger partial charge in [0.15, 0.2) is 5.69 Å². The first-order chi connectivity index (χ1) is 15.0. The van der Waals surface area contributed by atoms with Crippen molar-refractivity contribution in [2.45, 2.75) is 71.3 Å². The van der Waals surface area contributed by atoms with Crippen molar-refractivity contribution in [3.05, 3.63) is 58.0 Å². The lowest BCUT2D eigenvalue weighted by Gasteiger charge is -2.42. The Morgan fingerprint density at radius 1 is 1.12 bits per heavy atom. The third-order valence-electron chi connectivity index (χ3n) is 5.83. The number of nitrogens with zero attached hydrogens (tertiary/aromatic N) is 2. The summed E-state index contributed by atoms with van der Waals surface area (Å²) in [4.78, 5) is 41.4. The second-order valence-corrected chi connectivity index (χ2v) is 14.2. The molecule has 1 heterocycles. The van der Waals surface area contributed by atoms with Crippen LogP contribution in [0.5, 0.6) is 5.75 Å². The maximum atomic E-state index is 13.2. The highest BCUT2D eigenvalue weighted by molar-refractivity contribution is 6.78. The summed E-state index contributed by atoms with van der Waals surface area (Å²) in [5, 5.41) is 2.72. The molecular formula is C23H32FN3O4Si. The Labute approximate surface area is 189 Å². The maximum Gasteiger partial charge on any atom is 0.295 e. The minimum absolute atomic E-state index is 0.113. The zero-order chi connectivity index (χ0) is 24.1. The predicted molar refractivity (Wildman–Crippen MR) is 124 cm³/mol. The summed E-state index contributed by atoms with van der Waals surface area (Å²) in [6.45, 7) is 12.4. The number of carbonyl (C=O) groups is 2. The topological polar surface area (TPSA) is 90.3 Å². The summed E-state index contributed by atoms with van der Waals surface area (Å²) in [6.07, 6.45) is 1.78. The van der Waals surface area contributed by atoms with Crippen LogP contribution >= 0.6 is 0 Å². The van der Waals surface area contributed by atoms with E-state index in [1.807, 2.05) is 0 Å². The van der Waals surface area contributed by atoms with Crippen molar-refractivity contribution in [2.24, 2.45) is 0 Å². The van der Waals surface area contributed by atoms with Crippen molar-refractivity contribution in [3.63, 3.8) is 0 Å². The molecular weight excluding hydrogens is 429 g/mol. The number of carbonyl (C=O) groups excluding carboxylic acids is 2. The van der Waals surface area contributed by atoms with E-state index >= 15 is 0 Å². The molecule has 2 aromatic rings. The van der Waals surface area contributed by atoms with E-state index in [-0.39, 0.29) is 47.0 Å². The minimum atomic E-state index is -2.58. The molecule has 7 nitrogen and oxygen atoms in total. The van der Waals surface area contributed by atoms with Gasteiger partial charge in [0.25, 0.3) is 19.8 Å². The van der Waals surface area contributed by atoms with Gasteiger partial charge in [0.1, 0.15) is 12.1 Å². The average molecular weight is 462 g/mol. The summed E-state index contributed by atoms with van der Waals surface area (Å²) < 4.78 is 20.8. The van der Waals surface area contributed by atoms with E-state index in [0.717, 1.165) is 4.57 Å². The van der Waals surface area contributed by atoms with Crippen LogP contribution in [0, 0.1) is 5.82 Å². The lowest BCUT2D eigenvalue weighted by Crippen LogP contribution is -2.52. The van der Waals surface area contributed by atoms with E-state index < -0.39 is 19.8 Å². The fourth-order valence-corrected chi connectivity index (χ4v) is 9.58. The molecule has 0 atom stereocenters. The van der Waals surface area contributed by atoms with Gasteiger partial charge in [-0.2, -0.15) is 0 Å². The number of hydrogen-bond acceptors (Lipinski definition) is 5. The van der Waals surface area contributed by atoms with Gasteiger partial charge in [-0.05, 0) is 34.3 Å². The quantitative estimate of drug-likeness (QED) is 0.426. The van der Waals surface area contributed by atoms with Crippen molar-refractivity contribution in [1.29, 1.82) is 0 Å². The SMILES string of the molecule is CC(C)[Si](Oc1c(C(=O)NCc2ccc(F)cc2)ncn(CC=O)c1=O)(C(C)C)C(C)C. The van der Waals surface area contributed by atoms with Crippen LogP contribution in [0.3, 0.4) is 0 Å². The van der Waals surface area contributed by atoms with E-state index in [9.17, 15) is 18.8 Å². The van der Waals surface area contributed by atoms with Crippen LogP contribution in [-0.2, 0) is 17.9 Å². The second-order valence-electron chi connectivity index (χ2n) is 8.78. The lowest BCUT2D eigenvalue weighted by molar-refractivity contribution is -0.108. The molecule has 2 rings (SSSR count). The Balaban J connectivity index is 2.50. The number of rotatable bonds is 10. The third kappa shape index (κ3) is 5.32. The number of aromatic nitrogens is 2. The zero-order valence-corrected chi connectivity index (χ0v) is 20.5. The van der Waals surface area contributed by atoms with Gasteiger partial charge < -0.3 is 14.5 Å². The molecule has 32 heavy (non-hydrogen) atoms. The number of hydrogen-bond donors (Lipinski definition) is 1. The van der Waals surface area contributed by atoms with Crippen LogP contribution in [0.4, 0.5) is 4.39 Å². The van der Waals surface area contributed by atoms with Crippen LogP contribution in [-0.4, -0.2) is 30.1 Å². The van der Waals surface area contributed by atoms with Crippen LogP contribution in [0.15, 0.2) is 35.4 Å². The van der Waals surface area contributed by atoms with Crippen LogP contribution < -0.4 is 15.3 Å². The second kappa shape index (κ2) is 10.7. The molecule has 0 aliphatic heterocycles. The van der Waals surface area contributed by atoms with Gasteiger partial charge in [0.2, 0.25) is 5.75 Å². The summed E-state index contributed by atoms with van der Waals surface area (Å²) in [6, 6.07) is 5.75. The molecule has 9 heteroatoms. The Hall–Kier alpha value is -2.81. The van der Waals surface area contributed by atoms with Crippen molar-refractivity contribution in [1.82, 2.24) is 14.9 Å². The highest BCUT2D eigenvalue weighted by Gasteiger charge is 2.48. The third-order valence-corrected chi connectivity index (χ3v) is 11.8. The molecule has 0 radical (unpaired) electrons. The Kier molecular flexibility index (Phi) is 8.49. The summed E-state index contributed by atoms with van der Waals surface area (Å²) in [5.41, 5.74) is 0.521. The molecule has 1 N–H and O–H groups in total. The van der Waals surface area contributed by atoms with Gasteiger partial charge in [-0.15, -0.1) is 0 Å². The normalized spacial score (nSPS) is 11.8. The van der Waals surface area contributed by atoms with Crippen LogP contribution in [0.1, 0.15) is 57.6 Å². The average Bonchev–Trinajstić information content (AvgIpc) is 2.73. The van der Waals surface area contributed by atoms with Crippen LogP contribution in [0.2, 0.25) is 16.6 Å². The Morgan fingerprint density at radius 3 is 2.19 bits per heavy atom. The molecule has 174 valence electrons. The zero-order valence-electron chi connectivity index (χ0n) is 19.5. The Morgan fingerprint density at radius 2 is 1.69 bits per heavy atom. The number of nitrogens with one attached hydrogen (secondary N) is 1. The molecule has 1 amide bonds. The smallest absolute Gasteiger partial charge is 0.295 e. The summed E-state index contributed by atoms with van der Waals surface area (Å²) in [7, 11) is -2.58. The van der Waals surface area contributed by atoms with E-state index in [0.29, 0.717) is 11.8 Å². The van der Waals surface area contributed by atoms with Crippen molar-refractivity contribution in [2.75, 3.05) is 0 Å². The van der Waals surface area contributed by atoms with E-state index in [4.69, 9.17) is 4.43 Å². The molecule has 0 fully saturated rings. The first kappa shape index (κ1) is 25.4. The van der Waals surface area contributed by atoms with Gasteiger partial charge in [0.05, 0.1) is 12.9 Å². The molecule has 0 bridgehead atoms. The monoisotopic (exact) mass is 461 g/mol. The first-order valence-corrected chi connectivity index (χ1v) is 12.9. The molecule has 1 aromatic carbocycles. The molecule has 0 aliphatic rings. The maximum absolute atomic E-state index is 13.2. The molecule has 0 saturated carbocycles. The van der Waals surface area contributed by atoms with E-state index in [1.54, 1.807) is 12.1 Å². The van der Waals surface area contributed by atoms with Gasteiger partial charge in [-0.25, -0.2) is 9.37 Å². The molecule has 0 aliphatic carbocycles. The van der Waals surface area contributed by atoms with E-state index in [2.05, 4.69) is 51.8 Å². The Bertz CT molecular complexity index is 982. The molecule has 0 saturated heterocycles. The number of aldehydes is 1. The van der Waals surface area contributed by atoms with Gasteiger partial charge in [-0.3, -0.25) is 14.2 Å². The minimum Gasteiger partial charge on any atom is -0.537 e. The van der Waals surface area contributed by atoms with E-state index in [1.165, 1.54) is 18.5 Å². The van der Waals surface area contributed by atoms with Crippen molar-refractivity contribution < 1.29 is 18.4 Å². The summed E-state index contributed by atoms with van der Waals surface area (Å²) >= 11 is 0. The fraction of sp³-hybridized carbons (Fsp3) is 0.478. The van der Waals surface area contributed by atoms with Crippen molar-refractivity contribution >= 4 is 20.5 Å². The number of benzene rings is 1. The van der Waals surface area contributed by atoms with Gasteiger partial charge >= 0.3 is 0 Å². The molecule has 0 spiro atoms. The number of amides is 1. The highest BCUT2D eigenvalue weighted by atomic mass is 28.4. The lowest BCUT2D eigenvalue weighted by atomic mass is 10.2. The van der Waals surface area contributed by atoms with Gasteiger partial charge in [0, 0.05) is 6.54 Å². The van der Waals surface area contributed by atoms with Gasteiger partial charge in [-0.1, -0.05) is 53.7 Å².